The number of carbonyl (C=O) groups excluding carboxylic acids is 1. The summed E-state index contributed by atoms with van der Waals surface area (Å²) in [5, 5.41) is 11.3. The maximum atomic E-state index is 13.6. The summed E-state index contributed by atoms with van der Waals surface area (Å²) in [6.07, 6.45) is 0. The molecule has 0 heterocycles. The third-order valence-electron chi connectivity index (χ3n) is 2.79. The Labute approximate surface area is 140 Å². The monoisotopic (exact) mass is 378 g/mol. The number of thioether (sulfide) groups is 1. The first-order chi connectivity index (χ1) is 10.6. The quantitative estimate of drug-likeness (QED) is 0.841. The number of benzene rings is 2. The molecule has 0 radical (unpaired) electrons. The van der Waals surface area contributed by atoms with Gasteiger partial charge in [-0.2, -0.15) is 5.26 Å². The molecular formula is C16H12BrFN2OS. The number of rotatable bonds is 5. The van der Waals surface area contributed by atoms with Crippen molar-refractivity contribution in [2.24, 2.45) is 0 Å². The molecule has 0 bridgehead atoms. The first-order valence-electron chi connectivity index (χ1n) is 6.40. The van der Waals surface area contributed by atoms with E-state index in [-0.39, 0.29) is 17.3 Å². The summed E-state index contributed by atoms with van der Waals surface area (Å²) in [5.41, 5.74) is 1.82. The number of halogens is 2. The highest BCUT2D eigenvalue weighted by Crippen LogP contribution is 2.20. The van der Waals surface area contributed by atoms with E-state index in [1.165, 1.54) is 23.9 Å². The van der Waals surface area contributed by atoms with Gasteiger partial charge in [0.05, 0.1) is 23.1 Å². The van der Waals surface area contributed by atoms with E-state index in [2.05, 4.69) is 27.3 Å². The third-order valence-corrected chi connectivity index (χ3v) is 4.29. The zero-order valence-electron chi connectivity index (χ0n) is 11.5. The van der Waals surface area contributed by atoms with E-state index >= 15 is 0 Å². The summed E-state index contributed by atoms with van der Waals surface area (Å²) in [6, 6.07) is 13.8. The molecule has 2 aromatic rings. The summed E-state index contributed by atoms with van der Waals surface area (Å²) >= 11 is 4.59. The van der Waals surface area contributed by atoms with Gasteiger partial charge in [-0.1, -0.05) is 28.1 Å². The van der Waals surface area contributed by atoms with Gasteiger partial charge in [0, 0.05) is 10.2 Å². The number of amides is 1. The molecule has 0 atom stereocenters. The highest BCUT2D eigenvalue weighted by molar-refractivity contribution is 9.10. The summed E-state index contributed by atoms with van der Waals surface area (Å²) in [7, 11) is 0. The highest BCUT2D eigenvalue weighted by Gasteiger charge is 2.07. The van der Waals surface area contributed by atoms with Crippen LogP contribution in [0.25, 0.3) is 0 Å². The number of nitriles is 1. The van der Waals surface area contributed by atoms with Crippen molar-refractivity contribution in [1.82, 2.24) is 0 Å². The van der Waals surface area contributed by atoms with Crippen LogP contribution < -0.4 is 5.32 Å². The molecule has 0 aromatic heterocycles. The first-order valence-corrected chi connectivity index (χ1v) is 8.35. The summed E-state index contributed by atoms with van der Waals surface area (Å²) in [4.78, 5) is 11.8. The average Bonchev–Trinajstić information content (AvgIpc) is 2.51. The fourth-order valence-corrected chi connectivity index (χ4v) is 2.84. The lowest BCUT2D eigenvalue weighted by Gasteiger charge is -2.07. The molecule has 22 heavy (non-hydrogen) atoms. The molecule has 0 aliphatic rings. The zero-order valence-corrected chi connectivity index (χ0v) is 13.9. The van der Waals surface area contributed by atoms with Gasteiger partial charge in [-0.25, -0.2) is 4.39 Å². The molecule has 0 aliphatic carbocycles. The Hall–Kier alpha value is -1.84. The van der Waals surface area contributed by atoms with E-state index in [0.717, 1.165) is 5.56 Å². The van der Waals surface area contributed by atoms with Gasteiger partial charge in [0.15, 0.2) is 0 Å². The number of nitrogens with one attached hydrogen (secondary N) is 1. The standard InChI is InChI=1S/C16H12BrFN2OS/c17-13-5-6-15(14(18)7-13)20-16(21)10-22-9-12-3-1-11(8-19)2-4-12/h1-7H,9-10H2,(H,20,21). The van der Waals surface area contributed by atoms with Crippen molar-refractivity contribution in [3.05, 3.63) is 63.9 Å². The molecule has 1 N–H and O–H groups in total. The first kappa shape index (κ1) is 16.5. The minimum atomic E-state index is -0.472. The molecule has 0 aliphatic heterocycles. The zero-order chi connectivity index (χ0) is 15.9. The Bertz CT molecular complexity index is 713. The number of nitrogens with zero attached hydrogens (tertiary/aromatic N) is 1. The minimum Gasteiger partial charge on any atom is -0.323 e. The molecule has 0 spiro atoms. The molecule has 0 saturated heterocycles. The third kappa shape index (κ3) is 4.86. The van der Waals surface area contributed by atoms with E-state index in [1.807, 2.05) is 12.1 Å². The summed E-state index contributed by atoms with van der Waals surface area (Å²) < 4.78 is 14.2. The van der Waals surface area contributed by atoms with Gasteiger partial charge < -0.3 is 5.32 Å². The smallest absolute Gasteiger partial charge is 0.234 e. The van der Waals surface area contributed by atoms with E-state index < -0.39 is 5.82 Å². The second-order valence-electron chi connectivity index (χ2n) is 4.47. The van der Waals surface area contributed by atoms with Crippen LogP contribution in [0.1, 0.15) is 11.1 Å². The number of carbonyl (C=O) groups is 1. The minimum absolute atomic E-state index is 0.173. The van der Waals surface area contributed by atoms with Crippen LogP contribution in [-0.2, 0) is 10.5 Å². The van der Waals surface area contributed by atoms with Crippen molar-refractivity contribution in [2.75, 3.05) is 11.1 Å². The van der Waals surface area contributed by atoms with Crippen molar-refractivity contribution in [2.45, 2.75) is 5.75 Å². The van der Waals surface area contributed by atoms with Gasteiger partial charge in [-0.3, -0.25) is 4.79 Å². The normalized spacial score (nSPS) is 10.0. The molecule has 0 saturated carbocycles. The Morgan fingerprint density at radius 2 is 2.00 bits per heavy atom. The fraction of sp³-hybridized carbons (Fsp3) is 0.125. The largest absolute Gasteiger partial charge is 0.323 e. The van der Waals surface area contributed by atoms with Crippen molar-refractivity contribution in [1.29, 1.82) is 5.26 Å². The lowest BCUT2D eigenvalue weighted by Crippen LogP contribution is -2.15. The predicted octanol–water partition coefficient (Wildman–Crippen LogP) is 4.33. The number of hydrogen-bond donors (Lipinski definition) is 1. The number of anilines is 1. The lowest BCUT2D eigenvalue weighted by molar-refractivity contribution is -0.113. The molecule has 1 amide bonds. The summed E-state index contributed by atoms with van der Waals surface area (Å²) in [5.74, 6) is 0.164. The van der Waals surface area contributed by atoms with E-state index in [0.29, 0.717) is 15.8 Å². The fourth-order valence-electron chi connectivity index (χ4n) is 1.71. The van der Waals surface area contributed by atoms with Crippen LogP contribution in [0.15, 0.2) is 46.9 Å². The van der Waals surface area contributed by atoms with Crippen molar-refractivity contribution in [3.8, 4) is 6.07 Å². The molecular weight excluding hydrogens is 367 g/mol. The van der Waals surface area contributed by atoms with Gasteiger partial charge in [0.1, 0.15) is 5.82 Å². The van der Waals surface area contributed by atoms with Crippen molar-refractivity contribution >= 4 is 39.3 Å². The van der Waals surface area contributed by atoms with Gasteiger partial charge in [0.2, 0.25) is 5.91 Å². The molecule has 2 aromatic carbocycles. The van der Waals surface area contributed by atoms with Crippen molar-refractivity contribution < 1.29 is 9.18 Å². The maximum Gasteiger partial charge on any atom is 0.234 e. The molecule has 0 unspecified atom stereocenters. The molecule has 0 fully saturated rings. The van der Waals surface area contributed by atoms with E-state index in [9.17, 15) is 9.18 Å². The van der Waals surface area contributed by atoms with Crippen molar-refractivity contribution in [3.63, 3.8) is 0 Å². The van der Waals surface area contributed by atoms with Crippen LogP contribution in [-0.4, -0.2) is 11.7 Å². The Kier molecular flexibility index (Phi) is 5.99. The lowest BCUT2D eigenvalue weighted by atomic mass is 10.2. The van der Waals surface area contributed by atoms with Gasteiger partial charge in [-0.15, -0.1) is 11.8 Å². The number of hydrogen-bond acceptors (Lipinski definition) is 3. The van der Waals surface area contributed by atoms with Crippen LogP contribution in [0.3, 0.4) is 0 Å². The Morgan fingerprint density at radius 3 is 2.64 bits per heavy atom. The highest BCUT2D eigenvalue weighted by atomic mass is 79.9. The van der Waals surface area contributed by atoms with Gasteiger partial charge in [-0.05, 0) is 35.9 Å². The van der Waals surface area contributed by atoms with Crippen LogP contribution >= 0.6 is 27.7 Å². The van der Waals surface area contributed by atoms with Crippen LogP contribution in [0, 0.1) is 17.1 Å². The molecule has 3 nitrogen and oxygen atoms in total. The van der Waals surface area contributed by atoms with E-state index in [1.54, 1.807) is 18.2 Å². The van der Waals surface area contributed by atoms with Crippen LogP contribution in [0.2, 0.25) is 0 Å². The average molecular weight is 379 g/mol. The molecule has 2 rings (SSSR count). The Balaban J connectivity index is 1.81. The second kappa shape index (κ2) is 7.97. The van der Waals surface area contributed by atoms with Crippen LogP contribution in [0.4, 0.5) is 10.1 Å². The van der Waals surface area contributed by atoms with Gasteiger partial charge in [0.25, 0.3) is 0 Å². The summed E-state index contributed by atoms with van der Waals surface area (Å²) in [6.45, 7) is 0. The van der Waals surface area contributed by atoms with Gasteiger partial charge >= 0.3 is 0 Å². The SMILES string of the molecule is N#Cc1ccc(CSCC(=O)Nc2ccc(Br)cc2F)cc1. The van der Waals surface area contributed by atoms with E-state index in [4.69, 9.17) is 5.26 Å². The topological polar surface area (TPSA) is 52.9 Å². The van der Waals surface area contributed by atoms with Crippen LogP contribution in [0.5, 0.6) is 0 Å². The predicted molar refractivity (Wildman–Crippen MR) is 90.0 cm³/mol. The molecule has 6 heteroatoms. The molecule has 112 valence electrons. The maximum absolute atomic E-state index is 13.6. The Morgan fingerprint density at radius 1 is 1.27 bits per heavy atom. The second-order valence-corrected chi connectivity index (χ2v) is 6.38.